The lowest BCUT2D eigenvalue weighted by Crippen LogP contribution is -2.56. The van der Waals surface area contributed by atoms with Crippen molar-refractivity contribution in [2.75, 3.05) is 6.61 Å². The monoisotopic (exact) mass is 270 g/mol. The molecule has 0 rings (SSSR count). The molecule has 0 saturated heterocycles. The Hall–Kier alpha value is -0.283. The fraction of sp³-hybridized carbons (Fsp3) is 1.00. The van der Waals surface area contributed by atoms with Gasteiger partial charge < -0.3 is 9.53 Å². The van der Waals surface area contributed by atoms with Crippen molar-refractivity contribution < 1.29 is 35.9 Å². The maximum absolute atomic E-state index is 12.1. The zero-order valence-corrected chi connectivity index (χ0v) is 9.87. The highest BCUT2D eigenvalue weighted by Crippen LogP contribution is 2.45. The van der Waals surface area contributed by atoms with Crippen LogP contribution in [0.5, 0.6) is 0 Å². The summed E-state index contributed by atoms with van der Waals surface area (Å²) in [6.45, 7) is 1.84. The molecule has 0 saturated carbocycles. The molecule has 0 radical (unpaired) electrons. The second kappa shape index (κ2) is 5.37. The molecule has 0 aliphatic carbocycles. The molecule has 0 fully saturated rings. The smallest absolute Gasteiger partial charge is 0.424 e. The van der Waals surface area contributed by atoms with Gasteiger partial charge >= 0.3 is 12.4 Å². The van der Waals surface area contributed by atoms with Gasteiger partial charge in [-0.3, -0.25) is 0 Å². The Bertz CT molecular complexity index is 200. The van der Waals surface area contributed by atoms with Crippen LogP contribution in [0.4, 0.5) is 26.3 Å². The van der Waals surface area contributed by atoms with Crippen molar-refractivity contribution in [1.82, 2.24) is 0 Å². The van der Waals surface area contributed by atoms with Crippen LogP contribution in [0.2, 0.25) is 6.04 Å². The normalized spacial score (nSPS) is 15.0. The molecule has 9 heteroatoms. The summed E-state index contributed by atoms with van der Waals surface area (Å²) in [6.07, 6.45) is -12.8. The van der Waals surface area contributed by atoms with E-state index < -0.39 is 34.1 Å². The Morgan fingerprint density at radius 3 is 1.81 bits per heavy atom. The Balaban J connectivity index is 4.59. The van der Waals surface area contributed by atoms with E-state index in [1.54, 1.807) is 6.92 Å². The number of alkyl halides is 6. The van der Waals surface area contributed by atoms with Crippen LogP contribution in [-0.4, -0.2) is 39.4 Å². The highest BCUT2D eigenvalue weighted by Gasteiger charge is 2.69. The first-order valence-electron chi connectivity index (χ1n) is 4.50. The van der Waals surface area contributed by atoms with E-state index in [1.165, 1.54) is 0 Å². The first-order chi connectivity index (χ1) is 7.06. The summed E-state index contributed by atoms with van der Waals surface area (Å²) in [4.78, 5) is 0. The summed E-state index contributed by atoms with van der Waals surface area (Å²) >= 11 is 0. The van der Waals surface area contributed by atoms with E-state index in [-0.39, 0.29) is 12.7 Å². The van der Waals surface area contributed by atoms with Crippen molar-refractivity contribution in [1.29, 1.82) is 0 Å². The first kappa shape index (κ1) is 15.7. The maximum Gasteiger partial charge on any atom is 0.426 e. The molecule has 0 unspecified atom stereocenters. The van der Waals surface area contributed by atoms with Gasteiger partial charge in [-0.2, -0.15) is 26.3 Å². The Labute approximate surface area is 90.5 Å². The van der Waals surface area contributed by atoms with E-state index >= 15 is 0 Å². The Morgan fingerprint density at radius 1 is 1.06 bits per heavy atom. The summed E-state index contributed by atoms with van der Waals surface area (Å²) in [7, 11) is -1.44. The van der Waals surface area contributed by atoms with Gasteiger partial charge in [0.1, 0.15) is 0 Å². The summed E-state index contributed by atoms with van der Waals surface area (Å²) in [5.41, 5.74) is -4.62. The highest BCUT2D eigenvalue weighted by atomic mass is 28.2. The average molecular weight is 270 g/mol. The number of halogens is 6. The van der Waals surface area contributed by atoms with E-state index in [9.17, 15) is 26.3 Å². The Kier molecular flexibility index (Phi) is 5.27. The van der Waals surface area contributed by atoms with Crippen LogP contribution < -0.4 is 0 Å². The second-order valence-electron chi connectivity index (χ2n) is 3.16. The first-order valence-corrected chi connectivity index (χ1v) is 6.07. The lowest BCUT2D eigenvalue weighted by molar-refractivity contribution is -0.368. The molecular weight excluding hydrogens is 258 g/mol. The number of hydrogen-bond acceptors (Lipinski definition) is 2. The zero-order valence-electron chi connectivity index (χ0n) is 8.45. The average Bonchev–Trinajstić information content (AvgIpc) is 2.08. The van der Waals surface area contributed by atoms with Crippen LogP contribution in [0.1, 0.15) is 13.3 Å². The van der Waals surface area contributed by atoms with Gasteiger partial charge in [0, 0.05) is 6.61 Å². The van der Waals surface area contributed by atoms with Gasteiger partial charge in [-0.1, -0.05) is 0 Å². The molecule has 16 heavy (non-hydrogen) atoms. The summed E-state index contributed by atoms with van der Waals surface area (Å²) in [5.74, 6) is 0. The predicted octanol–water partition coefficient (Wildman–Crippen LogP) is 1.77. The highest BCUT2D eigenvalue weighted by molar-refractivity contribution is 6.27. The third-order valence-corrected chi connectivity index (χ3v) is 3.31. The Morgan fingerprint density at radius 2 is 1.50 bits per heavy atom. The molecular formula is C7H12F6O2Si. The van der Waals surface area contributed by atoms with E-state index in [2.05, 4.69) is 0 Å². The van der Waals surface area contributed by atoms with E-state index in [4.69, 9.17) is 9.53 Å². The van der Waals surface area contributed by atoms with Crippen molar-refractivity contribution in [3.05, 3.63) is 0 Å². The van der Waals surface area contributed by atoms with E-state index in [0.717, 1.165) is 0 Å². The number of aliphatic hydroxyl groups is 1. The van der Waals surface area contributed by atoms with Crippen molar-refractivity contribution in [2.45, 2.75) is 37.3 Å². The van der Waals surface area contributed by atoms with Crippen LogP contribution >= 0.6 is 0 Å². The van der Waals surface area contributed by atoms with Gasteiger partial charge in [0.05, 0.1) is 0 Å². The van der Waals surface area contributed by atoms with Gasteiger partial charge in [0.2, 0.25) is 0 Å². The molecule has 2 nitrogen and oxygen atoms in total. The molecule has 98 valence electrons. The van der Waals surface area contributed by atoms with Crippen molar-refractivity contribution >= 4 is 9.76 Å². The predicted molar refractivity (Wildman–Crippen MR) is 46.7 cm³/mol. The molecule has 0 aromatic heterocycles. The molecule has 0 amide bonds. The quantitative estimate of drug-likeness (QED) is 0.469. The fourth-order valence-corrected chi connectivity index (χ4v) is 2.17. The van der Waals surface area contributed by atoms with Crippen LogP contribution in [0.15, 0.2) is 0 Å². The molecule has 1 N–H and O–H groups in total. The van der Waals surface area contributed by atoms with Crippen molar-refractivity contribution in [3.8, 4) is 0 Å². The molecule has 0 bridgehead atoms. The maximum atomic E-state index is 12.1. The van der Waals surface area contributed by atoms with Crippen LogP contribution in [0.25, 0.3) is 0 Å². The van der Waals surface area contributed by atoms with Crippen LogP contribution in [-0.2, 0) is 4.43 Å². The zero-order chi connectivity index (χ0) is 13.0. The summed E-state index contributed by atoms with van der Waals surface area (Å²) in [5, 5.41) is 8.70. The third kappa shape index (κ3) is 3.63. The second-order valence-corrected chi connectivity index (χ2v) is 4.68. The number of rotatable bonds is 5. The molecule has 0 atom stereocenters. The molecule has 0 aromatic carbocycles. The van der Waals surface area contributed by atoms with Crippen molar-refractivity contribution in [2.24, 2.45) is 0 Å². The van der Waals surface area contributed by atoms with Gasteiger partial charge in [-0.15, -0.1) is 0 Å². The SMILES string of the molecule is CCO[SiH2]CCC(O)(C(F)(F)F)C(F)(F)F. The molecule has 0 aliphatic rings. The topological polar surface area (TPSA) is 29.5 Å². The lowest BCUT2D eigenvalue weighted by atomic mass is 9.99. The molecule has 0 heterocycles. The minimum absolute atomic E-state index is 0.253. The standard InChI is InChI=1S/C7H12F6O2Si/c1-2-15-16-4-3-5(14,6(8,9)10)7(11,12)13/h14H,2-4,16H2,1H3. The van der Waals surface area contributed by atoms with E-state index in [1.807, 2.05) is 0 Å². The number of hydrogen-bond donors (Lipinski definition) is 1. The molecule has 0 spiro atoms. The molecule has 0 aromatic rings. The molecule has 0 aliphatic heterocycles. The largest absolute Gasteiger partial charge is 0.426 e. The van der Waals surface area contributed by atoms with Crippen LogP contribution in [0, 0.1) is 0 Å². The van der Waals surface area contributed by atoms with Gasteiger partial charge in [0.15, 0.2) is 9.76 Å². The minimum atomic E-state index is -5.72. The van der Waals surface area contributed by atoms with E-state index in [0.29, 0.717) is 0 Å². The third-order valence-electron chi connectivity index (χ3n) is 1.97. The minimum Gasteiger partial charge on any atom is -0.424 e. The summed E-state index contributed by atoms with van der Waals surface area (Å²) < 4.78 is 77.4. The van der Waals surface area contributed by atoms with Gasteiger partial charge in [-0.05, 0) is 19.4 Å². The summed E-state index contributed by atoms with van der Waals surface area (Å²) in [6, 6.07) is -0.386. The van der Waals surface area contributed by atoms with Crippen molar-refractivity contribution in [3.63, 3.8) is 0 Å². The fourth-order valence-electron chi connectivity index (χ4n) is 1.02. The van der Waals surface area contributed by atoms with Gasteiger partial charge in [0.25, 0.3) is 5.60 Å². The van der Waals surface area contributed by atoms with Gasteiger partial charge in [-0.25, -0.2) is 0 Å². The lowest BCUT2D eigenvalue weighted by Gasteiger charge is -2.32. The van der Waals surface area contributed by atoms with Crippen LogP contribution in [0.3, 0.4) is 0 Å².